The number of aryl methyl sites for hydroxylation is 1. The van der Waals surface area contributed by atoms with E-state index >= 15 is 0 Å². The number of aromatic nitrogens is 1. The van der Waals surface area contributed by atoms with Gasteiger partial charge in [-0.1, -0.05) is 6.92 Å². The summed E-state index contributed by atoms with van der Waals surface area (Å²) >= 11 is 0. The first-order chi connectivity index (χ1) is 9.86. The standard InChI is InChI=1S/C13H20N2O5S/c1-2-5-14-9-11(8-12(14)13(17)18)21(19,20)15-6-3-10(16)4-7-15/h8-10,16H,2-7H2,1H3,(H,17,18). The largest absolute Gasteiger partial charge is 0.477 e. The summed E-state index contributed by atoms with van der Waals surface area (Å²) in [6.45, 7) is 2.86. The minimum atomic E-state index is -3.70. The number of hydrogen-bond acceptors (Lipinski definition) is 4. The van der Waals surface area contributed by atoms with E-state index in [-0.39, 0.29) is 23.7 Å². The van der Waals surface area contributed by atoms with Crippen molar-refractivity contribution in [2.45, 2.75) is 43.7 Å². The average Bonchev–Trinajstić information content (AvgIpc) is 2.84. The summed E-state index contributed by atoms with van der Waals surface area (Å²) in [5, 5.41) is 18.6. The van der Waals surface area contributed by atoms with Gasteiger partial charge in [0.2, 0.25) is 10.0 Å². The van der Waals surface area contributed by atoms with Crippen molar-refractivity contribution in [2.75, 3.05) is 13.1 Å². The van der Waals surface area contributed by atoms with Crippen molar-refractivity contribution in [3.8, 4) is 0 Å². The normalized spacial score (nSPS) is 18.0. The maximum Gasteiger partial charge on any atom is 0.352 e. The molecule has 21 heavy (non-hydrogen) atoms. The molecule has 1 aromatic rings. The topological polar surface area (TPSA) is 99.8 Å². The molecule has 0 radical (unpaired) electrons. The Morgan fingerprint density at radius 2 is 2.00 bits per heavy atom. The molecule has 1 fully saturated rings. The SMILES string of the molecule is CCCn1cc(S(=O)(=O)N2CCC(O)CC2)cc1C(=O)O. The first-order valence-electron chi connectivity index (χ1n) is 6.98. The third-order valence-electron chi connectivity index (χ3n) is 3.62. The number of carboxylic acid groups (broad SMARTS) is 1. The van der Waals surface area contributed by atoms with Gasteiger partial charge in [-0.2, -0.15) is 4.31 Å². The van der Waals surface area contributed by atoms with Gasteiger partial charge in [0.25, 0.3) is 0 Å². The summed E-state index contributed by atoms with van der Waals surface area (Å²) in [5.41, 5.74) is -0.0209. The molecule has 1 aliphatic heterocycles. The van der Waals surface area contributed by atoms with Crippen molar-refractivity contribution < 1.29 is 23.4 Å². The van der Waals surface area contributed by atoms with Gasteiger partial charge >= 0.3 is 5.97 Å². The van der Waals surface area contributed by atoms with Crippen molar-refractivity contribution in [2.24, 2.45) is 0 Å². The molecule has 118 valence electrons. The lowest BCUT2D eigenvalue weighted by Crippen LogP contribution is -2.39. The van der Waals surface area contributed by atoms with Gasteiger partial charge in [-0.25, -0.2) is 13.2 Å². The number of aliphatic hydroxyl groups is 1. The van der Waals surface area contributed by atoms with Crippen LogP contribution >= 0.6 is 0 Å². The van der Waals surface area contributed by atoms with E-state index in [1.807, 2.05) is 6.92 Å². The highest BCUT2D eigenvalue weighted by Crippen LogP contribution is 2.23. The Morgan fingerprint density at radius 3 is 2.52 bits per heavy atom. The summed E-state index contributed by atoms with van der Waals surface area (Å²) in [7, 11) is -3.70. The van der Waals surface area contributed by atoms with Crippen LogP contribution in [-0.4, -0.2) is 52.7 Å². The highest BCUT2D eigenvalue weighted by atomic mass is 32.2. The van der Waals surface area contributed by atoms with Gasteiger partial charge in [0.15, 0.2) is 0 Å². The van der Waals surface area contributed by atoms with Gasteiger partial charge in [-0.05, 0) is 25.3 Å². The van der Waals surface area contributed by atoms with E-state index in [9.17, 15) is 18.3 Å². The second-order valence-electron chi connectivity index (χ2n) is 5.19. The van der Waals surface area contributed by atoms with Gasteiger partial charge in [-0.15, -0.1) is 0 Å². The molecule has 1 aliphatic rings. The van der Waals surface area contributed by atoms with E-state index in [0.29, 0.717) is 25.8 Å². The molecule has 1 saturated heterocycles. The van der Waals surface area contributed by atoms with Crippen molar-refractivity contribution >= 4 is 16.0 Å². The maximum absolute atomic E-state index is 12.5. The summed E-state index contributed by atoms with van der Waals surface area (Å²) < 4.78 is 27.8. The van der Waals surface area contributed by atoms with E-state index < -0.39 is 22.1 Å². The zero-order valence-corrected chi connectivity index (χ0v) is 12.7. The van der Waals surface area contributed by atoms with Crippen molar-refractivity contribution in [1.82, 2.24) is 8.87 Å². The molecule has 0 amide bonds. The molecule has 2 heterocycles. The summed E-state index contributed by atoms with van der Waals surface area (Å²) in [6.07, 6.45) is 2.44. The summed E-state index contributed by atoms with van der Waals surface area (Å²) in [5.74, 6) is -1.14. The van der Waals surface area contributed by atoms with Crippen molar-refractivity contribution in [1.29, 1.82) is 0 Å². The van der Waals surface area contributed by atoms with Crippen LogP contribution in [0.15, 0.2) is 17.2 Å². The molecular formula is C13H20N2O5S. The van der Waals surface area contributed by atoms with E-state index in [4.69, 9.17) is 5.11 Å². The fourth-order valence-corrected chi connectivity index (χ4v) is 3.97. The fraction of sp³-hybridized carbons (Fsp3) is 0.615. The molecule has 8 heteroatoms. The zero-order chi connectivity index (χ0) is 15.6. The number of carboxylic acids is 1. The van der Waals surface area contributed by atoms with Crippen molar-refractivity contribution in [3.63, 3.8) is 0 Å². The molecule has 0 unspecified atom stereocenters. The number of rotatable bonds is 5. The van der Waals surface area contributed by atoms with Crippen LogP contribution in [0.1, 0.15) is 36.7 Å². The number of hydrogen-bond donors (Lipinski definition) is 2. The second-order valence-corrected chi connectivity index (χ2v) is 7.13. The molecule has 0 aliphatic carbocycles. The summed E-state index contributed by atoms with van der Waals surface area (Å²) in [6, 6.07) is 1.21. The summed E-state index contributed by atoms with van der Waals surface area (Å²) in [4.78, 5) is 11.2. The second kappa shape index (κ2) is 6.17. The third kappa shape index (κ3) is 3.28. The Balaban J connectivity index is 2.32. The highest BCUT2D eigenvalue weighted by molar-refractivity contribution is 7.89. The molecule has 2 N–H and O–H groups in total. The predicted octanol–water partition coefficient (Wildman–Crippen LogP) is 0.742. The molecule has 0 spiro atoms. The quantitative estimate of drug-likeness (QED) is 0.834. The van der Waals surface area contributed by atoms with Gasteiger partial charge in [0.05, 0.1) is 6.10 Å². The molecule has 2 rings (SSSR count). The van der Waals surface area contributed by atoms with Gasteiger partial charge < -0.3 is 14.8 Å². The highest BCUT2D eigenvalue weighted by Gasteiger charge is 2.30. The van der Waals surface area contributed by atoms with Crippen LogP contribution in [0.2, 0.25) is 0 Å². The van der Waals surface area contributed by atoms with Crippen molar-refractivity contribution in [3.05, 3.63) is 18.0 Å². The third-order valence-corrected chi connectivity index (χ3v) is 5.48. The molecule has 0 saturated carbocycles. The number of aromatic carboxylic acids is 1. The van der Waals surface area contributed by atoms with E-state index in [1.165, 1.54) is 21.1 Å². The van der Waals surface area contributed by atoms with Crippen LogP contribution < -0.4 is 0 Å². The Kier molecular flexibility index (Phi) is 4.70. The number of carbonyl (C=O) groups is 1. The lowest BCUT2D eigenvalue weighted by molar-refractivity contribution is 0.0685. The molecular weight excluding hydrogens is 296 g/mol. The van der Waals surface area contributed by atoms with E-state index in [2.05, 4.69) is 0 Å². The Labute approximate surface area is 123 Å². The molecule has 0 bridgehead atoms. The molecule has 1 aromatic heterocycles. The fourth-order valence-electron chi connectivity index (χ4n) is 2.46. The number of sulfonamides is 1. The Hall–Kier alpha value is -1.38. The molecule has 7 nitrogen and oxygen atoms in total. The first kappa shape index (κ1) is 16.0. The molecule has 0 aromatic carbocycles. The lowest BCUT2D eigenvalue weighted by Gasteiger charge is -2.28. The van der Waals surface area contributed by atoms with E-state index in [1.54, 1.807) is 0 Å². The number of aliphatic hydroxyl groups excluding tert-OH is 1. The van der Waals surface area contributed by atoms with Crippen LogP contribution in [0, 0.1) is 0 Å². The van der Waals surface area contributed by atoms with Gasteiger partial charge in [0.1, 0.15) is 10.6 Å². The van der Waals surface area contributed by atoms with Crippen LogP contribution in [0.5, 0.6) is 0 Å². The Morgan fingerprint density at radius 1 is 1.38 bits per heavy atom. The van der Waals surface area contributed by atoms with Crippen LogP contribution in [-0.2, 0) is 16.6 Å². The predicted molar refractivity (Wildman–Crippen MR) is 75.7 cm³/mol. The lowest BCUT2D eigenvalue weighted by atomic mass is 10.1. The zero-order valence-electron chi connectivity index (χ0n) is 11.9. The van der Waals surface area contributed by atoms with Gasteiger partial charge in [-0.3, -0.25) is 0 Å². The number of nitrogens with zero attached hydrogens (tertiary/aromatic N) is 2. The van der Waals surface area contributed by atoms with E-state index in [0.717, 1.165) is 0 Å². The van der Waals surface area contributed by atoms with Crippen LogP contribution in [0.4, 0.5) is 0 Å². The minimum Gasteiger partial charge on any atom is -0.477 e. The van der Waals surface area contributed by atoms with Crippen LogP contribution in [0.3, 0.4) is 0 Å². The maximum atomic E-state index is 12.5. The monoisotopic (exact) mass is 316 g/mol. The molecule has 0 atom stereocenters. The first-order valence-corrected chi connectivity index (χ1v) is 8.42. The number of piperidine rings is 1. The Bertz CT molecular complexity index is 615. The minimum absolute atomic E-state index is 0.00439. The average molecular weight is 316 g/mol. The smallest absolute Gasteiger partial charge is 0.352 e. The van der Waals surface area contributed by atoms with Gasteiger partial charge in [0, 0.05) is 25.8 Å². The van der Waals surface area contributed by atoms with Crippen LogP contribution in [0.25, 0.3) is 0 Å².